The first kappa shape index (κ1) is 18.6. The summed E-state index contributed by atoms with van der Waals surface area (Å²) in [5.41, 5.74) is 5.21. The molecule has 2 aliphatic heterocycles. The predicted octanol–water partition coefficient (Wildman–Crippen LogP) is 5.43. The van der Waals surface area contributed by atoms with Crippen LogP contribution in [0.15, 0.2) is 42.1 Å². The van der Waals surface area contributed by atoms with Crippen molar-refractivity contribution in [2.75, 3.05) is 0 Å². The van der Waals surface area contributed by atoms with Crippen LogP contribution < -0.4 is 0 Å². The lowest BCUT2D eigenvalue weighted by Gasteiger charge is -2.42. The van der Waals surface area contributed by atoms with E-state index < -0.39 is 0 Å². The highest BCUT2D eigenvalue weighted by Crippen LogP contribution is 2.40. The summed E-state index contributed by atoms with van der Waals surface area (Å²) in [6.45, 7) is 10.5. The van der Waals surface area contributed by atoms with E-state index in [0.717, 1.165) is 55.2 Å². The maximum atomic E-state index is 14.7. The molecule has 1 atom stereocenters. The van der Waals surface area contributed by atoms with Crippen LogP contribution in [0.2, 0.25) is 0 Å². The Morgan fingerprint density at radius 1 is 1.35 bits per heavy atom. The molecule has 0 amide bonds. The topological polar surface area (TPSA) is 20.3 Å². The summed E-state index contributed by atoms with van der Waals surface area (Å²) in [4.78, 5) is 13.5. The quantitative estimate of drug-likeness (QED) is 0.502. The van der Waals surface area contributed by atoms with Gasteiger partial charge in [-0.25, -0.2) is 4.39 Å². The lowest BCUT2D eigenvalue weighted by Crippen LogP contribution is -2.41. The molecule has 0 aliphatic carbocycles. The van der Waals surface area contributed by atoms with Gasteiger partial charge in [-0.3, -0.25) is 4.79 Å². The fraction of sp³-hybridized carbons (Fsp3) is 0.435. The van der Waals surface area contributed by atoms with Crippen molar-refractivity contribution in [1.82, 2.24) is 4.90 Å². The van der Waals surface area contributed by atoms with Crippen LogP contribution in [-0.2, 0) is 17.6 Å². The van der Waals surface area contributed by atoms with Crippen molar-refractivity contribution in [1.29, 1.82) is 0 Å². The molecule has 0 radical (unpaired) electrons. The molecule has 1 aromatic carbocycles. The molecule has 26 heavy (non-hydrogen) atoms. The Balaban J connectivity index is 2.04. The standard InChI is InChI=1S/C23H28FNO/c1-5-6-7-8-17-10-18-11-22(15(2)3)25-13-19(14-26)16(4)9-23(25)20(18)12-21(17)24/h9-10,12-15,22H,4-8,11H2,1-3H3. The first-order valence-corrected chi connectivity index (χ1v) is 9.64. The number of halogens is 1. The predicted molar refractivity (Wildman–Crippen MR) is 105 cm³/mol. The first-order chi connectivity index (χ1) is 12.5. The second-order valence-electron chi connectivity index (χ2n) is 7.74. The van der Waals surface area contributed by atoms with Gasteiger partial charge in [0.25, 0.3) is 0 Å². The van der Waals surface area contributed by atoms with Crippen LogP contribution in [0.3, 0.4) is 0 Å². The molecule has 2 aliphatic rings. The summed E-state index contributed by atoms with van der Waals surface area (Å²) in [7, 11) is 0. The molecule has 1 unspecified atom stereocenters. The molecule has 3 rings (SSSR count). The molecule has 3 heteroatoms. The van der Waals surface area contributed by atoms with Crippen LogP contribution in [0.25, 0.3) is 5.70 Å². The van der Waals surface area contributed by atoms with Gasteiger partial charge in [-0.2, -0.15) is 0 Å². The zero-order valence-corrected chi connectivity index (χ0v) is 16.0. The van der Waals surface area contributed by atoms with E-state index in [4.69, 9.17) is 0 Å². The van der Waals surface area contributed by atoms with Gasteiger partial charge in [-0.05, 0) is 54.0 Å². The molecule has 1 aromatic rings. The van der Waals surface area contributed by atoms with Gasteiger partial charge in [0.15, 0.2) is 6.29 Å². The van der Waals surface area contributed by atoms with Crippen LogP contribution in [0.1, 0.15) is 56.7 Å². The molecule has 2 heterocycles. The van der Waals surface area contributed by atoms with E-state index in [1.165, 1.54) is 5.56 Å². The average molecular weight is 353 g/mol. The Morgan fingerprint density at radius 3 is 2.77 bits per heavy atom. The van der Waals surface area contributed by atoms with Crippen LogP contribution in [-0.4, -0.2) is 17.2 Å². The second kappa shape index (κ2) is 7.61. The van der Waals surface area contributed by atoms with Gasteiger partial charge in [-0.1, -0.05) is 46.3 Å². The zero-order valence-electron chi connectivity index (χ0n) is 16.0. The number of carbonyl (C=O) groups is 1. The van der Waals surface area contributed by atoms with Gasteiger partial charge in [0, 0.05) is 29.1 Å². The largest absolute Gasteiger partial charge is 0.343 e. The van der Waals surface area contributed by atoms with Crippen LogP contribution >= 0.6 is 0 Å². The molecule has 138 valence electrons. The number of carbonyl (C=O) groups excluding carboxylic acids is 1. The van der Waals surface area contributed by atoms with Crippen LogP contribution in [0.4, 0.5) is 4.39 Å². The molecular formula is C23H28FNO. The molecule has 2 nitrogen and oxygen atoms in total. The smallest absolute Gasteiger partial charge is 0.152 e. The summed E-state index contributed by atoms with van der Waals surface area (Å²) in [5, 5.41) is 0. The number of nitrogens with zero attached hydrogens (tertiary/aromatic N) is 1. The minimum absolute atomic E-state index is 0.125. The molecule has 0 aromatic heterocycles. The normalized spacial score (nSPS) is 19.0. The van der Waals surface area contributed by atoms with Gasteiger partial charge >= 0.3 is 0 Å². The van der Waals surface area contributed by atoms with E-state index >= 15 is 0 Å². The fourth-order valence-electron chi connectivity index (χ4n) is 3.94. The molecule has 0 saturated carbocycles. The number of fused-ring (bicyclic) bond motifs is 3. The summed E-state index contributed by atoms with van der Waals surface area (Å²) >= 11 is 0. The average Bonchev–Trinajstić information content (AvgIpc) is 2.61. The van der Waals surface area contributed by atoms with Crippen molar-refractivity contribution in [2.45, 2.75) is 58.9 Å². The number of hydrogen-bond donors (Lipinski definition) is 0. The monoisotopic (exact) mass is 353 g/mol. The Hall–Kier alpha value is -2.16. The highest BCUT2D eigenvalue weighted by atomic mass is 19.1. The Bertz CT molecular complexity index is 788. The zero-order chi connectivity index (χ0) is 18.8. The molecule has 0 spiro atoms. The first-order valence-electron chi connectivity index (χ1n) is 9.64. The minimum Gasteiger partial charge on any atom is -0.343 e. The molecule has 0 fully saturated rings. The third-order valence-electron chi connectivity index (χ3n) is 5.52. The van der Waals surface area contributed by atoms with Gasteiger partial charge in [0.1, 0.15) is 5.82 Å². The highest BCUT2D eigenvalue weighted by Gasteiger charge is 2.33. The number of aldehydes is 1. The maximum Gasteiger partial charge on any atom is 0.152 e. The molecule has 0 N–H and O–H groups in total. The Kier molecular flexibility index (Phi) is 5.45. The van der Waals surface area contributed by atoms with E-state index in [2.05, 4.69) is 38.3 Å². The van der Waals surface area contributed by atoms with E-state index in [-0.39, 0.29) is 11.9 Å². The summed E-state index contributed by atoms with van der Waals surface area (Å²) in [6.07, 6.45) is 9.60. The number of rotatable bonds is 6. The second-order valence-corrected chi connectivity index (χ2v) is 7.74. The third kappa shape index (κ3) is 3.40. The van der Waals surface area contributed by atoms with E-state index in [1.54, 1.807) is 6.07 Å². The van der Waals surface area contributed by atoms with Crippen LogP contribution in [0.5, 0.6) is 0 Å². The molecule has 0 bridgehead atoms. The summed E-state index contributed by atoms with van der Waals surface area (Å²) in [6, 6.07) is 4.00. The Labute approximate surface area is 156 Å². The van der Waals surface area contributed by atoms with Crippen molar-refractivity contribution in [3.63, 3.8) is 0 Å². The van der Waals surface area contributed by atoms with Gasteiger partial charge in [0.05, 0.1) is 0 Å². The van der Waals surface area contributed by atoms with Crippen molar-refractivity contribution < 1.29 is 9.18 Å². The number of aryl methyl sites for hydroxylation is 1. The lowest BCUT2D eigenvalue weighted by molar-refractivity contribution is -0.104. The Morgan fingerprint density at radius 2 is 2.12 bits per heavy atom. The number of unbranched alkanes of at least 4 members (excludes halogenated alkanes) is 2. The van der Waals surface area contributed by atoms with Gasteiger partial charge in [0.2, 0.25) is 0 Å². The number of hydrogen-bond acceptors (Lipinski definition) is 2. The van der Waals surface area contributed by atoms with Crippen molar-refractivity contribution in [3.8, 4) is 0 Å². The van der Waals surface area contributed by atoms with Crippen molar-refractivity contribution in [2.24, 2.45) is 5.92 Å². The van der Waals surface area contributed by atoms with Gasteiger partial charge in [-0.15, -0.1) is 0 Å². The summed E-state index contributed by atoms with van der Waals surface area (Å²) in [5.74, 6) is 0.287. The number of benzene rings is 1. The molecule has 0 saturated heterocycles. The lowest BCUT2D eigenvalue weighted by atomic mass is 9.83. The van der Waals surface area contributed by atoms with E-state index in [0.29, 0.717) is 17.1 Å². The summed E-state index contributed by atoms with van der Waals surface area (Å²) < 4.78 is 14.7. The minimum atomic E-state index is -0.125. The third-order valence-corrected chi connectivity index (χ3v) is 5.52. The highest BCUT2D eigenvalue weighted by molar-refractivity contribution is 5.87. The van der Waals surface area contributed by atoms with Crippen LogP contribution in [0, 0.1) is 11.7 Å². The SMILES string of the molecule is C=C1C=C2c3cc(F)c(CCCCC)cc3CC(C(C)C)N2C=C1C=O. The maximum absolute atomic E-state index is 14.7. The fourth-order valence-corrected chi connectivity index (χ4v) is 3.94. The molecular weight excluding hydrogens is 325 g/mol. The van der Waals surface area contributed by atoms with Crippen molar-refractivity contribution >= 4 is 12.0 Å². The number of allylic oxidation sites excluding steroid dienone is 3. The van der Waals surface area contributed by atoms with E-state index in [9.17, 15) is 9.18 Å². The van der Waals surface area contributed by atoms with Crippen molar-refractivity contribution in [3.05, 3.63) is 64.6 Å². The van der Waals surface area contributed by atoms with Gasteiger partial charge < -0.3 is 4.90 Å². The van der Waals surface area contributed by atoms with E-state index in [1.807, 2.05) is 12.3 Å².